The number of aromatic amines is 1. The summed E-state index contributed by atoms with van der Waals surface area (Å²) in [5.74, 6) is -39.1. The van der Waals surface area contributed by atoms with Crippen LogP contribution < -0.4 is 4.57 Å². The third-order valence-corrected chi connectivity index (χ3v) is 3.33. The van der Waals surface area contributed by atoms with Crippen LogP contribution in [0.1, 0.15) is 12.7 Å². The second-order valence-electron chi connectivity index (χ2n) is 4.96. The van der Waals surface area contributed by atoms with Crippen LogP contribution >= 0.6 is 0 Å². The number of nitrogens with one attached hydrogen (secondary N) is 1. The molecule has 1 heterocycles. The van der Waals surface area contributed by atoms with Crippen molar-refractivity contribution in [3.8, 4) is 0 Å². The van der Waals surface area contributed by atoms with Gasteiger partial charge >= 0.3 is 41.6 Å². The third kappa shape index (κ3) is 2.69. The van der Waals surface area contributed by atoms with Crippen LogP contribution in [0.25, 0.3) is 0 Å². The molecule has 0 bridgehead atoms. The Hall–Kier alpha value is -1.70. The summed E-state index contributed by atoms with van der Waals surface area (Å²) < 4.78 is 169. The molecule has 1 aromatic rings. The third-order valence-electron chi connectivity index (χ3n) is 3.33. The number of rotatable bonds is 6. The molecule has 0 saturated carbocycles. The normalized spacial score (nSPS) is 15.5. The summed E-state index contributed by atoms with van der Waals surface area (Å²) in [6, 6.07) is 0. The zero-order valence-electron chi connectivity index (χ0n) is 12.2. The number of imidazole rings is 1. The van der Waals surface area contributed by atoms with E-state index < -0.39 is 48.2 Å². The summed E-state index contributed by atoms with van der Waals surface area (Å²) in [6.45, 7) is 0.460. The molecule has 0 fully saturated rings. The number of nitrogens with zero attached hydrogens (tertiary/aromatic N) is 1. The first kappa shape index (κ1) is 22.3. The lowest BCUT2D eigenvalue weighted by Crippen LogP contribution is -2.70. The minimum atomic E-state index is -7.89. The molecule has 0 saturated heterocycles. The van der Waals surface area contributed by atoms with E-state index in [0.29, 0.717) is 12.4 Å². The highest BCUT2D eigenvalue weighted by Gasteiger charge is 2.92. The lowest BCUT2D eigenvalue weighted by Gasteiger charge is -2.38. The summed E-state index contributed by atoms with van der Waals surface area (Å²) in [5.41, 5.74) is 0. The molecule has 0 aliphatic rings. The van der Waals surface area contributed by atoms with E-state index in [9.17, 15) is 57.1 Å². The fraction of sp³-hybridized carbons (Fsp3) is 0.727. The van der Waals surface area contributed by atoms with Gasteiger partial charge in [0.25, 0.3) is 0 Å². The summed E-state index contributed by atoms with van der Waals surface area (Å²) in [5, 5.41) is 0. The number of aromatic nitrogens is 2. The van der Waals surface area contributed by atoms with E-state index in [1.165, 1.54) is 4.98 Å². The van der Waals surface area contributed by atoms with Crippen LogP contribution in [-0.4, -0.2) is 34.9 Å². The topological polar surface area (TPSA) is 19.7 Å². The molecule has 0 radical (unpaired) electrons. The van der Waals surface area contributed by atoms with E-state index in [4.69, 9.17) is 0 Å². The molecule has 26 heavy (non-hydrogen) atoms. The van der Waals surface area contributed by atoms with Crippen molar-refractivity contribution < 1.29 is 61.6 Å². The van der Waals surface area contributed by atoms with Gasteiger partial charge in [0.1, 0.15) is 12.4 Å². The fourth-order valence-corrected chi connectivity index (χ4v) is 1.82. The summed E-state index contributed by atoms with van der Waals surface area (Å²) in [4.78, 5) is 1.34. The number of aryl methyl sites for hydroxylation is 1. The Morgan fingerprint density at radius 2 is 1.15 bits per heavy atom. The van der Waals surface area contributed by atoms with Crippen molar-refractivity contribution in [2.45, 2.75) is 49.3 Å². The Morgan fingerprint density at radius 3 is 1.54 bits per heavy atom. The molecule has 0 aliphatic heterocycles. The van der Waals surface area contributed by atoms with Gasteiger partial charge in [0.05, 0.1) is 6.54 Å². The minimum absolute atomic E-state index is 0.143. The Balaban J connectivity index is 3.58. The van der Waals surface area contributed by atoms with Crippen molar-refractivity contribution in [1.29, 1.82) is 0 Å². The predicted octanol–water partition coefficient (Wildman–Crippen LogP) is 4.52. The molecule has 1 aromatic heterocycles. The van der Waals surface area contributed by atoms with Crippen molar-refractivity contribution >= 4 is 0 Å². The number of hydrogen-bond acceptors (Lipinski definition) is 0. The Morgan fingerprint density at radius 1 is 0.731 bits per heavy atom. The van der Waals surface area contributed by atoms with E-state index in [0.717, 1.165) is 6.92 Å². The monoisotopic (exact) mass is 415 g/mol. The highest BCUT2D eigenvalue weighted by Crippen LogP contribution is 2.61. The number of hydrogen-bond donors (Lipinski definition) is 1. The van der Waals surface area contributed by atoms with Crippen molar-refractivity contribution in [2.75, 3.05) is 0 Å². The molecular formula is C11H8F13N2+. The van der Waals surface area contributed by atoms with Gasteiger partial charge in [-0.15, -0.1) is 0 Å². The summed E-state index contributed by atoms with van der Waals surface area (Å²) >= 11 is 0. The maximum atomic E-state index is 13.8. The quantitative estimate of drug-likeness (QED) is 0.521. The second-order valence-corrected chi connectivity index (χ2v) is 4.96. The van der Waals surface area contributed by atoms with E-state index in [2.05, 4.69) is 0 Å². The van der Waals surface area contributed by atoms with Gasteiger partial charge in [-0.05, 0) is 6.92 Å². The van der Waals surface area contributed by atoms with Gasteiger partial charge in [0.2, 0.25) is 0 Å². The van der Waals surface area contributed by atoms with Crippen molar-refractivity contribution in [3.05, 3.63) is 18.2 Å². The van der Waals surface area contributed by atoms with E-state index in [1.54, 1.807) is 0 Å². The van der Waals surface area contributed by atoms with Gasteiger partial charge in [0.15, 0.2) is 0 Å². The zero-order valence-corrected chi connectivity index (χ0v) is 12.2. The Kier molecular flexibility index (Phi) is 5.07. The average Bonchev–Trinajstić information content (AvgIpc) is 2.94. The van der Waals surface area contributed by atoms with Crippen LogP contribution in [0.4, 0.5) is 57.1 Å². The highest BCUT2D eigenvalue weighted by atomic mass is 19.4. The standard InChI is InChI=1S/C11H7F13N2/c1-2-26-4-3-25-5(26)6(12,13)7(14,15)8(16,17)9(18,19)10(20,21)11(22,23)24/h3-4H,2H2,1H3/p+1. The minimum Gasteiger partial charge on any atom is -0.242 e. The number of alkyl halides is 13. The first-order valence-corrected chi connectivity index (χ1v) is 6.33. The van der Waals surface area contributed by atoms with Crippen LogP contribution in [0, 0.1) is 0 Å². The van der Waals surface area contributed by atoms with Gasteiger partial charge in [-0.1, -0.05) is 0 Å². The van der Waals surface area contributed by atoms with Gasteiger partial charge in [-0.3, -0.25) is 0 Å². The molecule has 0 spiro atoms. The lowest BCUT2D eigenvalue weighted by atomic mass is 9.93. The molecule has 0 unspecified atom stereocenters. The number of H-pyrrole nitrogens is 1. The molecule has 1 N–H and O–H groups in total. The fourth-order valence-electron chi connectivity index (χ4n) is 1.82. The summed E-state index contributed by atoms with van der Waals surface area (Å²) in [7, 11) is 0. The molecular weight excluding hydrogens is 407 g/mol. The molecule has 1 rings (SSSR count). The Labute approximate surface area is 135 Å². The van der Waals surface area contributed by atoms with E-state index in [1.807, 2.05) is 0 Å². The first-order valence-electron chi connectivity index (χ1n) is 6.33. The molecule has 0 aliphatic carbocycles. The van der Waals surface area contributed by atoms with Crippen LogP contribution in [0.15, 0.2) is 12.4 Å². The highest BCUT2D eigenvalue weighted by molar-refractivity contribution is 5.13. The zero-order chi connectivity index (χ0) is 21.0. The molecule has 0 amide bonds. The largest absolute Gasteiger partial charge is 0.460 e. The SMILES string of the molecule is CC[n+]1cc[nH]c1C(F)(F)C(F)(F)C(F)(F)C(F)(F)C(F)(F)C(F)(F)F. The maximum Gasteiger partial charge on any atom is 0.460 e. The lowest BCUT2D eigenvalue weighted by molar-refractivity contribution is -0.711. The van der Waals surface area contributed by atoms with Crippen LogP contribution in [0.3, 0.4) is 0 Å². The van der Waals surface area contributed by atoms with Crippen LogP contribution in [-0.2, 0) is 12.5 Å². The molecule has 0 atom stereocenters. The van der Waals surface area contributed by atoms with Crippen molar-refractivity contribution in [1.82, 2.24) is 4.98 Å². The predicted molar refractivity (Wildman–Crippen MR) is 56.4 cm³/mol. The molecule has 2 nitrogen and oxygen atoms in total. The van der Waals surface area contributed by atoms with Gasteiger partial charge in [-0.25, -0.2) is 9.55 Å². The van der Waals surface area contributed by atoms with Gasteiger partial charge < -0.3 is 0 Å². The molecule has 15 heteroatoms. The second kappa shape index (κ2) is 5.90. The van der Waals surface area contributed by atoms with Gasteiger partial charge in [-0.2, -0.15) is 57.1 Å². The first-order chi connectivity index (χ1) is 11.3. The number of halogens is 13. The Bertz CT molecular complexity index is 643. The van der Waals surface area contributed by atoms with Crippen LogP contribution in [0.2, 0.25) is 0 Å². The molecule has 0 aromatic carbocycles. The van der Waals surface area contributed by atoms with E-state index >= 15 is 0 Å². The smallest absolute Gasteiger partial charge is 0.242 e. The van der Waals surface area contributed by atoms with Crippen molar-refractivity contribution in [2.24, 2.45) is 0 Å². The average molecular weight is 415 g/mol. The summed E-state index contributed by atoms with van der Waals surface area (Å²) in [6.07, 6.45) is -6.32. The van der Waals surface area contributed by atoms with Crippen LogP contribution in [0.5, 0.6) is 0 Å². The van der Waals surface area contributed by atoms with Crippen molar-refractivity contribution in [3.63, 3.8) is 0 Å². The molecule has 152 valence electrons. The van der Waals surface area contributed by atoms with E-state index in [-0.39, 0.29) is 4.57 Å². The maximum absolute atomic E-state index is 13.8. The van der Waals surface area contributed by atoms with Gasteiger partial charge in [0, 0.05) is 0 Å².